The zero-order valence-corrected chi connectivity index (χ0v) is 20.2. The Hall–Kier alpha value is -4.13. The van der Waals surface area contributed by atoms with E-state index in [1.807, 2.05) is 54.3 Å². The number of aryl methyl sites for hydroxylation is 1. The van der Waals surface area contributed by atoms with E-state index in [-0.39, 0.29) is 11.9 Å². The average molecular weight is 481 g/mol. The van der Waals surface area contributed by atoms with Gasteiger partial charge < -0.3 is 19.7 Å². The van der Waals surface area contributed by atoms with Crippen molar-refractivity contribution in [1.82, 2.24) is 14.9 Å². The SMILES string of the molecule is Cc1nc(NC2CCN(Cc3ccccc3)C(=O)C2)nc2ccc(-c3cccc4c3OCCO4)cc12. The van der Waals surface area contributed by atoms with E-state index in [4.69, 9.17) is 19.4 Å². The number of aromatic nitrogens is 2. The van der Waals surface area contributed by atoms with Crippen LogP contribution < -0.4 is 14.8 Å². The highest BCUT2D eigenvalue weighted by molar-refractivity contribution is 5.88. The molecule has 36 heavy (non-hydrogen) atoms. The molecule has 7 heteroatoms. The number of anilines is 1. The Morgan fingerprint density at radius 3 is 2.72 bits per heavy atom. The number of nitrogens with zero attached hydrogens (tertiary/aromatic N) is 3. The minimum Gasteiger partial charge on any atom is -0.486 e. The van der Waals surface area contributed by atoms with Crippen LogP contribution in [0.5, 0.6) is 11.5 Å². The third-order valence-electron chi connectivity index (χ3n) is 6.83. The lowest BCUT2D eigenvalue weighted by Crippen LogP contribution is -2.43. The van der Waals surface area contributed by atoms with Crippen LogP contribution in [0.15, 0.2) is 66.7 Å². The quantitative estimate of drug-likeness (QED) is 0.434. The van der Waals surface area contributed by atoms with Gasteiger partial charge in [0.05, 0.1) is 11.2 Å². The number of ether oxygens (including phenoxy) is 2. The van der Waals surface area contributed by atoms with Gasteiger partial charge in [0.1, 0.15) is 13.2 Å². The molecule has 1 unspecified atom stereocenters. The van der Waals surface area contributed by atoms with E-state index >= 15 is 0 Å². The van der Waals surface area contributed by atoms with Crippen LogP contribution in [0.1, 0.15) is 24.1 Å². The van der Waals surface area contributed by atoms with Crippen molar-refractivity contribution in [3.05, 3.63) is 78.0 Å². The van der Waals surface area contributed by atoms with E-state index in [1.54, 1.807) is 0 Å². The molecule has 1 saturated heterocycles. The van der Waals surface area contributed by atoms with Gasteiger partial charge in [0.2, 0.25) is 11.9 Å². The maximum Gasteiger partial charge on any atom is 0.224 e. The Morgan fingerprint density at radius 1 is 1.00 bits per heavy atom. The number of hydrogen-bond acceptors (Lipinski definition) is 6. The molecule has 7 nitrogen and oxygen atoms in total. The fourth-order valence-corrected chi connectivity index (χ4v) is 4.97. The van der Waals surface area contributed by atoms with Crippen LogP contribution in [0.25, 0.3) is 22.0 Å². The summed E-state index contributed by atoms with van der Waals surface area (Å²) in [6.07, 6.45) is 1.30. The molecule has 1 fully saturated rings. The summed E-state index contributed by atoms with van der Waals surface area (Å²) in [5.41, 5.74) is 4.94. The van der Waals surface area contributed by atoms with E-state index in [0.29, 0.717) is 38.7 Å². The number of carbonyl (C=O) groups excluding carboxylic acids is 1. The Bertz CT molecular complexity index is 1420. The predicted octanol–water partition coefficient (Wildman–Crippen LogP) is 4.98. The van der Waals surface area contributed by atoms with E-state index in [0.717, 1.165) is 51.2 Å². The van der Waals surface area contributed by atoms with Gasteiger partial charge >= 0.3 is 0 Å². The predicted molar refractivity (Wildman–Crippen MR) is 139 cm³/mol. The highest BCUT2D eigenvalue weighted by atomic mass is 16.6. The second-order valence-electron chi connectivity index (χ2n) is 9.33. The van der Waals surface area contributed by atoms with E-state index in [2.05, 4.69) is 29.6 Å². The summed E-state index contributed by atoms with van der Waals surface area (Å²) in [4.78, 5) is 24.2. The number of hydrogen-bond donors (Lipinski definition) is 1. The standard InChI is InChI=1S/C29H28N4O3/c1-19-24-16-21(23-8-5-9-26-28(23)36-15-14-35-26)10-11-25(24)32-29(30-19)31-22-12-13-33(27(34)17-22)18-20-6-3-2-4-7-20/h2-11,16,22H,12-15,17-18H2,1H3,(H,30,31,32). The van der Waals surface area contributed by atoms with Gasteiger partial charge in [-0.05, 0) is 42.7 Å². The average Bonchev–Trinajstić information content (AvgIpc) is 2.90. The molecule has 2 aliphatic heterocycles. The van der Waals surface area contributed by atoms with Gasteiger partial charge in [0.15, 0.2) is 11.5 Å². The van der Waals surface area contributed by atoms with Gasteiger partial charge in [0, 0.05) is 36.5 Å². The number of piperidine rings is 1. The summed E-state index contributed by atoms with van der Waals surface area (Å²) in [7, 11) is 0. The van der Waals surface area contributed by atoms with Gasteiger partial charge in [-0.3, -0.25) is 4.79 Å². The van der Waals surface area contributed by atoms with Crippen molar-refractivity contribution in [1.29, 1.82) is 0 Å². The molecule has 1 amide bonds. The number of carbonyl (C=O) groups is 1. The van der Waals surface area contributed by atoms with Crippen molar-refractivity contribution >= 4 is 22.8 Å². The molecular formula is C29H28N4O3. The molecule has 0 saturated carbocycles. The van der Waals surface area contributed by atoms with Crippen molar-refractivity contribution in [3.8, 4) is 22.6 Å². The smallest absolute Gasteiger partial charge is 0.224 e. The number of amides is 1. The first-order chi connectivity index (χ1) is 17.6. The summed E-state index contributed by atoms with van der Waals surface area (Å²) in [6, 6.07) is 22.3. The molecule has 4 aromatic rings. The third kappa shape index (κ3) is 4.44. The van der Waals surface area contributed by atoms with E-state index in [1.165, 1.54) is 0 Å². The maximum absolute atomic E-state index is 12.8. The molecule has 0 aliphatic carbocycles. The topological polar surface area (TPSA) is 76.6 Å². The first-order valence-corrected chi connectivity index (χ1v) is 12.4. The Labute approximate surface area is 210 Å². The molecule has 6 rings (SSSR count). The number of nitrogens with one attached hydrogen (secondary N) is 1. The van der Waals surface area contributed by atoms with Gasteiger partial charge in [0.25, 0.3) is 0 Å². The van der Waals surface area contributed by atoms with Gasteiger partial charge in [-0.15, -0.1) is 0 Å². The Kier molecular flexibility index (Phi) is 5.89. The molecule has 182 valence electrons. The highest BCUT2D eigenvalue weighted by Gasteiger charge is 2.26. The van der Waals surface area contributed by atoms with Crippen molar-refractivity contribution < 1.29 is 14.3 Å². The molecule has 1 N–H and O–H groups in total. The van der Waals surface area contributed by atoms with Crippen molar-refractivity contribution in [2.75, 3.05) is 25.1 Å². The second kappa shape index (κ2) is 9.49. The summed E-state index contributed by atoms with van der Waals surface area (Å²) in [5, 5.41) is 4.40. The van der Waals surface area contributed by atoms with Crippen LogP contribution >= 0.6 is 0 Å². The summed E-state index contributed by atoms with van der Waals surface area (Å²) < 4.78 is 11.7. The maximum atomic E-state index is 12.8. The summed E-state index contributed by atoms with van der Waals surface area (Å²) in [5.74, 6) is 2.27. The first kappa shape index (κ1) is 22.3. The van der Waals surface area contributed by atoms with Crippen molar-refractivity contribution in [2.24, 2.45) is 0 Å². The monoisotopic (exact) mass is 480 g/mol. The number of benzene rings is 3. The van der Waals surface area contributed by atoms with Gasteiger partial charge in [-0.2, -0.15) is 0 Å². The zero-order valence-electron chi connectivity index (χ0n) is 20.2. The molecule has 0 radical (unpaired) electrons. The van der Waals surface area contributed by atoms with Crippen LogP contribution in [0.2, 0.25) is 0 Å². The minimum absolute atomic E-state index is 0.0219. The lowest BCUT2D eigenvalue weighted by atomic mass is 10.0. The fourth-order valence-electron chi connectivity index (χ4n) is 4.97. The number of para-hydroxylation sites is 1. The third-order valence-corrected chi connectivity index (χ3v) is 6.83. The van der Waals surface area contributed by atoms with Crippen LogP contribution in [0.4, 0.5) is 5.95 Å². The summed E-state index contributed by atoms with van der Waals surface area (Å²) in [6.45, 7) is 4.47. The molecule has 0 bridgehead atoms. The molecule has 1 atom stereocenters. The summed E-state index contributed by atoms with van der Waals surface area (Å²) >= 11 is 0. The molecule has 0 spiro atoms. The van der Waals surface area contributed by atoms with Crippen LogP contribution in [0.3, 0.4) is 0 Å². The van der Waals surface area contributed by atoms with Crippen molar-refractivity contribution in [3.63, 3.8) is 0 Å². The minimum atomic E-state index is 0.0219. The zero-order chi connectivity index (χ0) is 24.5. The number of likely N-dealkylation sites (tertiary alicyclic amines) is 1. The lowest BCUT2D eigenvalue weighted by molar-refractivity contribution is -0.134. The lowest BCUT2D eigenvalue weighted by Gasteiger charge is -2.32. The molecular weight excluding hydrogens is 452 g/mol. The number of fused-ring (bicyclic) bond motifs is 2. The molecule has 3 aromatic carbocycles. The fraction of sp³-hybridized carbons (Fsp3) is 0.276. The second-order valence-corrected chi connectivity index (χ2v) is 9.33. The van der Waals surface area contributed by atoms with E-state index < -0.39 is 0 Å². The first-order valence-electron chi connectivity index (χ1n) is 12.4. The van der Waals surface area contributed by atoms with Crippen LogP contribution in [-0.2, 0) is 11.3 Å². The number of rotatable bonds is 5. The van der Waals surface area contributed by atoms with Gasteiger partial charge in [-0.25, -0.2) is 9.97 Å². The van der Waals surface area contributed by atoms with Crippen LogP contribution in [0, 0.1) is 6.92 Å². The van der Waals surface area contributed by atoms with Gasteiger partial charge in [-0.1, -0.05) is 48.5 Å². The van der Waals surface area contributed by atoms with Crippen LogP contribution in [-0.4, -0.2) is 46.6 Å². The Balaban J connectivity index is 1.18. The normalized spacial score (nSPS) is 17.3. The molecule has 3 heterocycles. The van der Waals surface area contributed by atoms with E-state index in [9.17, 15) is 4.79 Å². The van der Waals surface area contributed by atoms with Crippen molar-refractivity contribution in [2.45, 2.75) is 32.4 Å². The molecule has 1 aromatic heterocycles. The largest absolute Gasteiger partial charge is 0.486 e. The Morgan fingerprint density at radius 2 is 1.86 bits per heavy atom. The highest BCUT2D eigenvalue weighted by Crippen LogP contribution is 2.40. The molecule has 2 aliphatic rings.